The predicted octanol–water partition coefficient (Wildman–Crippen LogP) is 3.23. The SMILES string of the molecule is CCC(C)(C(NC)c1cccc2ccncc12)N(C)C. The fourth-order valence-corrected chi connectivity index (χ4v) is 2.97. The van der Waals surface area contributed by atoms with Crippen molar-refractivity contribution in [2.45, 2.75) is 31.8 Å². The minimum atomic E-state index is 0.0544. The van der Waals surface area contributed by atoms with Crippen molar-refractivity contribution in [2.75, 3.05) is 21.1 Å². The molecule has 1 heterocycles. The molecule has 0 radical (unpaired) electrons. The topological polar surface area (TPSA) is 28.2 Å². The second-order valence-corrected chi connectivity index (χ2v) is 5.77. The quantitative estimate of drug-likeness (QED) is 0.905. The van der Waals surface area contributed by atoms with Gasteiger partial charge < -0.3 is 10.2 Å². The summed E-state index contributed by atoms with van der Waals surface area (Å²) < 4.78 is 0. The lowest BCUT2D eigenvalue weighted by Gasteiger charge is -2.43. The molecule has 1 N–H and O–H groups in total. The number of nitrogens with zero attached hydrogens (tertiary/aromatic N) is 2. The standard InChI is InChI=1S/C17H25N3/c1-6-17(2,20(4)5)16(18-3)14-9-7-8-13-10-11-19-12-15(13)14/h7-12,16,18H,6H2,1-5H3. The molecule has 2 rings (SSSR count). The van der Waals surface area contributed by atoms with Crippen LogP contribution in [0.5, 0.6) is 0 Å². The number of hydrogen-bond donors (Lipinski definition) is 1. The molecule has 2 atom stereocenters. The van der Waals surface area contributed by atoms with E-state index in [1.807, 2.05) is 19.4 Å². The van der Waals surface area contributed by atoms with E-state index in [1.165, 1.54) is 16.3 Å². The van der Waals surface area contributed by atoms with Gasteiger partial charge in [-0.1, -0.05) is 25.1 Å². The van der Waals surface area contributed by atoms with Gasteiger partial charge in [-0.3, -0.25) is 4.98 Å². The second kappa shape index (κ2) is 5.90. The van der Waals surface area contributed by atoms with Crippen LogP contribution >= 0.6 is 0 Å². The molecule has 0 amide bonds. The van der Waals surface area contributed by atoms with Crippen LogP contribution in [0.15, 0.2) is 36.7 Å². The lowest BCUT2D eigenvalue weighted by molar-refractivity contribution is 0.117. The molecule has 0 aliphatic rings. The fraction of sp³-hybridized carbons (Fsp3) is 0.471. The highest BCUT2D eigenvalue weighted by Gasteiger charge is 2.35. The van der Waals surface area contributed by atoms with Crippen LogP contribution in [-0.2, 0) is 0 Å². The van der Waals surface area contributed by atoms with E-state index in [0.717, 1.165) is 6.42 Å². The van der Waals surface area contributed by atoms with Crippen molar-refractivity contribution >= 4 is 10.8 Å². The van der Waals surface area contributed by atoms with E-state index in [0.29, 0.717) is 0 Å². The van der Waals surface area contributed by atoms with Crippen LogP contribution in [0.25, 0.3) is 10.8 Å². The largest absolute Gasteiger partial charge is 0.311 e. The molecule has 3 heteroatoms. The summed E-state index contributed by atoms with van der Waals surface area (Å²) in [6.07, 6.45) is 4.90. The zero-order valence-electron chi connectivity index (χ0n) is 13.1. The van der Waals surface area contributed by atoms with Crippen LogP contribution in [0.4, 0.5) is 0 Å². The Morgan fingerprint density at radius 3 is 2.65 bits per heavy atom. The Hall–Kier alpha value is -1.45. The van der Waals surface area contributed by atoms with E-state index >= 15 is 0 Å². The molecule has 0 aliphatic heterocycles. The molecular weight excluding hydrogens is 246 g/mol. The summed E-state index contributed by atoms with van der Waals surface area (Å²) in [7, 11) is 6.34. The number of nitrogens with one attached hydrogen (secondary N) is 1. The number of benzene rings is 1. The first-order chi connectivity index (χ1) is 9.54. The Labute approximate surface area is 122 Å². The lowest BCUT2D eigenvalue weighted by Crippen LogP contribution is -2.50. The number of aromatic nitrogens is 1. The molecule has 2 unspecified atom stereocenters. The van der Waals surface area contributed by atoms with E-state index in [1.54, 1.807) is 0 Å². The predicted molar refractivity (Wildman–Crippen MR) is 85.9 cm³/mol. The van der Waals surface area contributed by atoms with Crippen LogP contribution in [0.1, 0.15) is 31.9 Å². The molecule has 1 aromatic heterocycles. The molecule has 0 bridgehead atoms. The van der Waals surface area contributed by atoms with Crippen LogP contribution in [0.3, 0.4) is 0 Å². The highest BCUT2D eigenvalue weighted by molar-refractivity contribution is 5.85. The van der Waals surface area contributed by atoms with Gasteiger partial charge in [0.2, 0.25) is 0 Å². The van der Waals surface area contributed by atoms with Gasteiger partial charge in [-0.05, 0) is 51.5 Å². The van der Waals surface area contributed by atoms with E-state index in [-0.39, 0.29) is 11.6 Å². The zero-order chi connectivity index (χ0) is 14.8. The maximum atomic E-state index is 4.30. The summed E-state index contributed by atoms with van der Waals surface area (Å²) in [5, 5.41) is 5.99. The second-order valence-electron chi connectivity index (χ2n) is 5.77. The van der Waals surface area contributed by atoms with Gasteiger partial charge in [0.1, 0.15) is 0 Å². The van der Waals surface area contributed by atoms with Crippen molar-refractivity contribution in [1.29, 1.82) is 0 Å². The van der Waals surface area contributed by atoms with Crippen LogP contribution in [-0.4, -0.2) is 36.6 Å². The molecule has 3 nitrogen and oxygen atoms in total. The average Bonchev–Trinajstić information content (AvgIpc) is 2.47. The van der Waals surface area contributed by atoms with Gasteiger partial charge >= 0.3 is 0 Å². The van der Waals surface area contributed by atoms with Crippen LogP contribution in [0, 0.1) is 0 Å². The van der Waals surface area contributed by atoms with Crippen molar-refractivity contribution in [3.8, 4) is 0 Å². The highest BCUT2D eigenvalue weighted by Crippen LogP contribution is 2.35. The monoisotopic (exact) mass is 271 g/mol. The molecule has 0 saturated heterocycles. The molecule has 108 valence electrons. The minimum absolute atomic E-state index is 0.0544. The molecular formula is C17H25N3. The molecule has 0 fully saturated rings. The summed E-state index contributed by atoms with van der Waals surface area (Å²) in [5.74, 6) is 0. The minimum Gasteiger partial charge on any atom is -0.311 e. The van der Waals surface area contributed by atoms with Crippen molar-refractivity contribution in [2.24, 2.45) is 0 Å². The zero-order valence-corrected chi connectivity index (χ0v) is 13.1. The number of pyridine rings is 1. The highest BCUT2D eigenvalue weighted by atomic mass is 15.2. The lowest BCUT2D eigenvalue weighted by atomic mass is 9.82. The summed E-state index contributed by atoms with van der Waals surface area (Å²) in [6, 6.07) is 8.82. The van der Waals surface area contributed by atoms with Crippen molar-refractivity contribution in [3.63, 3.8) is 0 Å². The Balaban J connectivity index is 2.60. The number of fused-ring (bicyclic) bond motifs is 1. The maximum absolute atomic E-state index is 4.30. The Morgan fingerprint density at radius 1 is 1.30 bits per heavy atom. The van der Waals surface area contributed by atoms with Crippen LogP contribution in [0.2, 0.25) is 0 Å². The van der Waals surface area contributed by atoms with Gasteiger partial charge in [-0.2, -0.15) is 0 Å². The number of rotatable bonds is 5. The van der Waals surface area contributed by atoms with Crippen molar-refractivity contribution in [3.05, 3.63) is 42.2 Å². The summed E-state index contributed by atoms with van der Waals surface area (Å²) in [5.41, 5.74) is 1.37. The summed E-state index contributed by atoms with van der Waals surface area (Å²) >= 11 is 0. The third kappa shape index (κ3) is 2.43. The van der Waals surface area contributed by atoms with Gasteiger partial charge in [0.05, 0.1) is 6.04 Å². The normalized spacial score (nSPS) is 16.3. The van der Waals surface area contributed by atoms with E-state index in [4.69, 9.17) is 0 Å². The molecule has 0 aliphatic carbocycles. The van der Waals surface area contributed by atoms with E-state index in [2.05, 4.69) is 67.4 Å². The first kappa shape index (κ1) is 14.9. The first-order valence-corrected chi connectivity index (χ1v) is 7.22. The fourth-order valence-electron chi connectivity index (χ4n) is 2.97. The molecule has 0 saturated carbocycles. The molecule has 20 heavy (non-hydrogen) atoms. The van der Waals surface area contributed by atoms with Gasteiger partial charge in [0.15, 0.2) is 0 Å². The van der Waals surface area contributed by atoms with Crippen molar-refractivity contribution in [1.82, 2.24) is 15.2 Å². The van der Waals surface area contributed by atoms with Gasteiger partial charge in [0, 0.05) is 23.3 Å². The van der Waals surface area contributed by atoms with Crippen molar-refractivity contribution < 1.29 is 0 Å². The number of hydrogen-bond acceptors (Lipinski definition) is 3. The van der Waals surface area contributed by atoms with E-state index in [9.17, 15) is 0 Å². The van der Waals surface area contributed by atoms with Gasteiger partial charge in [-0.25, -0.2) is 0 Å². The number of likely N-dealkylation sites (N-methyl/N-ethyl adjacent to an activating group) is 2. The smallest absolute Gasteiger partial charge is 0.0508 e. The molecule has 2 aromatic rings. The Kier molecular flexibility index (Phi) is 4.41. The molecule has 1 aromatic carbocycles. The van der Waals surface area contributed by atoms with Crippen LogP contribution < -0.4 is 5.32 Å². The molecule has 0 spiro atoms. The Bertz CT molecular complexity index is 574. The van der Waals surface area contributed by atoms with E-state index < -0.39 is 0 Å². The third-order valence-electron chi connectivity index (χ3n) is 4.68. The first-order valence-electron chi connectivity index (χ1n) is 7.22. The summed E-state index contributed by atoms with van der Waals surface area (Å²) in [6.45, 7) is 4.55. The Morgan fingerprint density at radius 2 is 2.05 bits per heavy atom. The third-order valence-corrected chi connectivity index (χ3v) is 4.68. The summed E-state index contributed by atoms with van der Waals surface area (Å²) in [4.78, 5) is 6.61. The van der Waals surface area contributed by atoms with Gasteiger partial charge in [0.25, 0.3) is 0 Å². The maximum Gasteiger partial charge on any atom is 0.0508 e. The van der Waals surface area contributed by atoms with Gasteiger partial charge in [-0.15, -0.1) is 0 Å². The average molecular weight is 271 g/mol.